The highest BCUT2D eigenvalue weighted by molar-refractivity contribution is 5.97. The third-order valence-electron chi connectivity index (χ3n) is 5.45. The number of alkyl halides is 3. The topological polar surface area (TPSA) is 41.1 Å². The molecule has 0 bridgehead atoms. The smallest absolute Gasteiger partial charge is 0.351 e. The molecule has 2 N–H and O–H groups in total. The Labute approximate surface area is 133 Å². The van der Waals surface area contributed by atoms with Crippen LogP contribution in [-0.4, -0.2) is 31.7 Å². The predicted molar refractivity (Wildman–Crippen MR) is 81.4 cm³/mol. The zero-order chi connectivity index (χ0) is 17.0. The van der Waals surface area contributed by atoms with Gasteiger partial charge in [0.2, 0.25) is 0 Å². The third-order valence-corrected chi connectivity index (χ3v) is 5.45. The fraction of sp³-hybridized carbons (Fsp3) is 0.588. The molecule has 0 aromatic heterocycles. The predicted octanol–water partition coefficient (Wildman–Crippen LogP) is 2.88. The molecule has 2 aliphatic rings. The van der Waals surface area contributed by atoms with Crippen molar-refractivity contribution >= 4 is 5.91 Å². The van der Waals surface area contributed by atoms with E-state index in [-0.39, 0.29) is 25.4 Å². The minimum atomic E-state index is -4.23. The third kappa shape index (κ3) is 2.35. The second kappa shape index (κ2) is 4.97. The Balaban J connectivity index is 1.74. The Morgan fingerprint density at radius 1 is 1.22 bits per heavy atom. The molecule has 126 valence electrons. The van der Waals surface area contributed by atoms with Crippen LogP contribution in [0.2, 0.25) is 0 Å². The molecule has 2 atom stereocenters. The van der Waals surface area contributed by atoms with Gasteiger partial charge in [-0.15, -0.1) is 0 Å². The molecule has 0 unspecified atom stereocenters. The molecule has 3 rings (SSSR count). The molecule has 1 aromatic rings. The van der Waals surface area contributed by atoms with Crippen molar-refractivity contribution in [1.29, 1.82) is 0 Å². The molecule has 1 saturated heterocycles. The molecule has 1 heterocycles. The largest absolute Gasteiger partial charge is 0.396 e. The lowest BCUT2D eigenvalue weighted by molar-refractivity contribution is -0.190. The first-order chi connectivity index (χ1) is 10.6. The molecule has 23 heavy (non-hydrogen) atoms. The number of amides is 1. The highest BCUT2D eigenvalue weighted by Crippen LogP contribution is 2.72. The van der Waals surface area contributed by atoms with Crippen LogP contribution in [0.15, 0.2) is 12.1 Å². The molecule has 1 aliphatic heterocycles. The second-order valence-electron chi connectivity index (χ2n) is 7.10. The van der Waals surface area contributed by atoms with Gasteiger partial charge in [-0.2, -0.15) is 13.2 Å². The Morgan fingerprint density at radius 2 is 1.83 bits per heavy atom. The van der Waals surface area contributed by atoms with E-state index in [0.717, 1.165) is 16.7 Å². The van der Waals surface area contributed by atoms with Gasteiger partial charge in [-0.3, -0.25) is 4.79 Å². The molecular weight excluding hydrogens is 305 g/mol. The van der Waals surface area contributed by atoms with E-state index in [4.69, 9.17) is 0 Å². The van der Waals surface area contributed by atoms with Crippen LogP contribution in [0.25, 0.3) is 0 Å². The lowest BCUT2D eigenvalue weighted by Crippen LogP contribution is -2.38. The van der Waals surface area contributed by atoms with Gasteiger partial charge in [-0.05, 0) is 38.3 Å². The lowest BCUT2D eigenvalue weighted by Gasteiger charge is -2.21. The minimum Gasteiger partial charge on any atom is -0.351 e. The Kier molecular flexibility index (Phi) is 3.52. The fourth-order valence-electron chi connectivity index (χ4n) is 4.20. The molecule has 1 saturated carbocycles. The summed E-state index contributed by atoms with van der Waals surface area (Å²) in [5.41, 5.74) is 0.780. The van der Waals surface area contributed by atoms with E-state index in [9.17, 15) is 18.0 Å². The quantitative estimate of drug-likeness (QED) is 0.897. The van der Waals surface area contributed by atoms with Crippen molar-refractivity contribution in [3.8, 4) is 0 Å². The summed E-state index contributed by atoms with van der Waals surface area (Å²) in [4.78, 5) is 12.5. The van der Waals surface area contributed by atoms with Gasteiger partial charge in [-0.1, -0.05) is 17.7 Å². The van der Waals surface area contributed by atoms with Gasteiger partial charge in [0.05, 0.1) is 5.41 Å². The van der Waals surface area contributed by atoms with Crippen LogP contribution in [0, 0.1) is 31.6 Å². The molecule has 3 nitrogen and oxygen atoms in total. The van der Waals surface area contributed by atoms with Crippen molar-refractivity contribution in [1.82, 2.24) is 10.6 Å². The Hall–Kier alpha value is -1.56. The maximum Gasteiger partial charge on any atom is 0.396 e. The summed E-state index contributed by atoms with van der Waals surface area (Å²) in [6.07, 6.45) is -4.13. The van der Waals surface area contributed by atoms with Crippen molar-refractivity contribution < 1.29 is 18.0 Å². The van der Waals surface area contributed by atoms with E-state index in [1.54, 1.807) is 0 Å². The van der Waals surface area contributed by atoms with Crippen LogP contribution < -0.4 is 10.6 Å². The average molecular weight is 326 g/mol. The van der Waals surface area contributed by atoms with Gasteiger partial charge in [-0.25, -0.2) is 0 Å². The second-order valence-corrected chi connectivity index (χ2v) is 7.10. The minimum absolute atomic E-state index is 0.0467. The molecule has 1 amide bonds. The highest BCUT2D eigenvalue weighted by Gasteiger charge is 2.81. The van der Waals surface area contributed by atoms with Crippen LogP contribution in [0.5, 0.6) is 0 Å². The van der Waals surface area contributed by atoms with Crippen LogP contribution in [-0.2, 0) is 0 Å². The van der Waals surface area contributed by atoms with Gasteiger partial charge < -0.3 is 10.6 Å². The number of benzene rings is 1. The molecule has 6 heteroatoms. The summed E-state index contributed by atoms with van der Waals surface area (Å²) in [7, 11) is 0. The van der Waals surface area contributed by atoms with Crippen LogP contribution in [0.3, 0.4) is 0 Å². The maximum atomic E-state index is 13.3. The summed E-state index contributed by atoms with van der Waals surface area (Å²) in [6, 6.07) is 3.82. The summed E-state index contributed by atoms with van der Waals surface area (Å²) in [5.74, 6) is -0.288. The first-order valence-corrected chi connectivity index (χ1v) is 7.75. The van der Waals surface area contributed by atoms with Gasteiger partial charge in [0, 0.05) is 30.6 Å². The summed E-state index contributed by atoms with van der Waals surface area (Å²) in [5, 5.41) is 5.57. The highest BCUT2D eigenvalue weighted by atomic mass is 19.4. The SMILES string of the molecule is Cc1cc(C)c(C(=O)NC[C@@]23CNC[C@]2(C(F)(F)F)C3)c(C)c1. The maximum absolute atomic E-state index is 13.3. The number of aryl methyl sites for hydroxylation is 3. The van der Waals surface area contributed by atoms with E-state index in [0.29, 0.717) is 12.1 Å². The van der Waals surface area contributed by atoms with Gasteiger partial charge in [0.1, 0.15) is 0 Å². The van der Waals surface area contributed by atoms with E-state index in [2.05, 4.69) is 10.6 Å². The zero-order valence-corrected chi connectivity index (χ0v) is 13.5. The number of hydrogen-bond donors (Lipinski definition) is 2. The Bertz CT molecular complexity index is 647. The van der Waals surface area contributed by atoms with Crippen LogP contribution >= 0.6 is 0 Å². The normalized spacial score (nSPS) is 29.3. The zero-order valence-electron chi connectivity index (χ0n) is 13.5. The molecular formula is C17H21F3N2O. The van der Waals surface area contributed by atoms with E-state index >= 15 is 0 Å². The number of nitrogens with one attached hydrogen (secondary N) is 2. The number of hydrogen-bond acceptors (Lipinski definition) is 2. The molecule has 0 radical (unpaired) electrons. The van der Waals surface area contributed by atoms with Crippen molar-refractivity contribution in [2.45, 2.75) is 33.4 Å². The van der Waals surface area contributed by atoms with E-state index in [1.165, 1.54) is 0 Å². The molecule has 2 fully saturated rings. The first-order valence-electron chi connectivity index (χ1n) is 7.75. The molecule has 0 spiro atoms. The van der Waals surface area contributed by atoms with Gasteiger partial charge in [0.25, 0.3) is 5.91 Å². The van der Waals surface area contributed by atoms with Crippen LogP contribution in [0.4, 0.5) is 13.2 Å². The van der Waals surface area contributed by atoms with E-state index < -0.39 is 17.0 Å². The number of rotatable bonds is 3. The first kappa shape index (κ1) is 16.3. The number of carbonyl (C=O) groups excluding carboxylic acids is 1. The summed E-state index contributed by atoms with van der Waals surface area (Å²) < 4.78 is 39.9. The van der Waals surface area contributed by atoms with Crippen LogP contribution in [0.1, 0.15) is 33.5 Å². The average Bonchev–Trinajstić information content (AvgIpc) is 2.92. The lowest BCUT2D eigenvalue weighted by atomic mass is 9.94. The Morgan fingerprint density at radius 3 is 2.35 bits per heavy atom. The summed E-state index contributed by atoms with van der Waals surface area (Å²) >= 11 is 0. The number of carbonyl (C=O) groups is 1. The molecule has 1 aliphatic carbocycles. The van der Waals surface area contributed by atoms with Gasteiger partial charge >= 0.3 is 6.18 Å². The van der Waals surface area contributed by atoms with Crippen molar-refractivity contribution in [2.24, 2.45) is 10.8 Å². The van der Waals surface area contributed by atoms with E-state index in [1.807, 2.05) is 32.9 Å². The fourth-order valence-corrected chi connectivity index (χ4v) is 4.20. The van der Waals surface area contributed by atoms with Crippen molar-refractivity contribution in [3.05, 3.63) is 34.4 Å². The summed E-state index contributed by atoms with van der Waals surface area (Å²) in [6.45, 7) is 5.97. The molecule has 1 aromatic carbocycles. The number of fused-ring (bicyclic) bond motifs is 1. The monoisotopic (exact) mass is 326 g/mol. The van der Waals surface area contributed by atoms with Crippen molar-refractivity contribution in [3.63, 3.8) is 0 Å². The number of halogens is 3. The standard InChI is InChI=1S/C17H21F3N2O/c1-10-4-11(2)13(12(3)5-10)14(23)22-8-15-6-16(15,9-21-7-15)17(18,19)20/h4-5,21H,6-9H2,1-3H3,(H,22,23)/t15-,16-/m1/s1. The van der Waals surface area contributed by atoms with Crippen molar-refractivity contribution in [2.75, 3.05) is 19.6 Å². The van der Waals surface area contributed by atoms with Gasteiger partial charge in [0.15, 0.2) is 0 Å². The number of piperidine rings is 1.